The molecule has 126 valence electrons. The normalized spacial score (nSPS) is 11.6. The Morgan fingerprint density at radius 1 is 1.18 bits per heavy atom. The minimum Gasteiger partial charge on any atom is -0.467 e. The molecule has 0 fully saturated rings. The molecular weight excluding hydrogens is 282 g/mol. The highest BCUT2D eigenvalue weighted by Crippen LogP contribution is 2.01. The number of ether oxygens (including phenoxy) is 2. The summed E-state index contributed by atoms with van der Waals surface area (Å²) in [4.78, 5) is 4.52. The largest absolute Gasteiger partial charge is 0.467 e. The first-order valence-electron chi connectivity index (χ1n) is 8.06. The van der Waals surface area contributed by atoms with E-state index in [9.17, 15) is 0 Å². The van der Waals surface area contributed by atoms with E-state index in [0.717, 1.165) is 57.4 Å². The molecule has 1 heterocycles. The topological polar surface area (TPSA) is 68.0 Å². The van der Waals surface area contributed by atoms with Crippen LogP contribution in [-0.2, 0) is 16.1 Å². The smallest absolute Gasteiger partial charge is 0.191 e. The molecule has 1 rings (SSSR count). The molecule has 6 nitrogen and oxygen atoms in total. The molecule has 0 spiro atoms. The third-order valence-electron chi connectivity index (χ3n) is 2.85. The van der Waals surface area contributed by atoms with Crippen LogP contribution in [0.15, 0.2) is 27.8 Å². The number of rotatable bonds is 12. The zero-order valence-corrected chi connectivity index (χ0v) is 13.8. The van der Waals surface area contributed by atoms with Crippen molar-refractivity contribution in [1.82, 2.24) is 10.6 Å². The second-order valence-corrected chi connectivity index (χ2v) is 4.72. The van der Waals surface area contributed by atoms with E-state index in [-0.39, 0.29) is 0 Å². The van der Waals surface area contributed by atoms with Crippen molar-refractivity contribution in [1.29, 1.82) is 0 Å². The van der Waals surface area contributed by atoms with Gasteiger partial charge in [-0.05, 0) is 38.8 Å². The summed E-state index contributed by atoms with van der Waals surface area (Å²) >= 11 is 0. The van der Waals surface area contributed by atoms with Gasteiger partial charge in [0.2, 0.25) is 0 Å². The predicted octanol–water partition coefficient (Wildman–Crippen LogP) is 2.17. The van der Waals surface area contributed by atoms with E-state index in [0.29, 0.717) is 13.2 Å². The number of guanidine groups is 1. The van der Waals surface area contributed by atoms with E-state index < -0.39 is 0 Å². The number of furan rings is 1. The molecule has 0 aliphatic carbocycles. The van der Waals surface area contributed by atoms with Crippen molar-refractivity contribution in [3.63, 3.8) is 0 Å². The van der Waals surface area contributed by atoms with Gasteiger partial charge in [0.05, 0.1) is 6.26 Å². The lowest BCUT2D eigenvalue weighted by Gasteiger charge is -2.11. The van der Waals surface area contributed by atoms with Crippen molar-refractivity contribution in [3.8, 4) is 0 Å². The van der Waals surface area contributed by atoms with Gasteiger partial charge in [0.1, 0.15) is 12.4 Å². The van der Waals surface area contributed by atoms with Crippen LogP contribution in [0.4, 0.5) is 0 Å². The second kappa shape index (κ2) is 13.2. The van der Waals surface area contributed by atoms with Gasteiger partial charge < -0.3 is 24.5 Å². The summed E-state index contributed by atoms with van der Waals surface area (Å²) in [5.74, 6) is 1.71. The van der Waals surface area contributed by atoms with E-state index >= 15 is 0 Å². The van der Waals surface area contributed by atoms with E-state index in [2.05, 4.69) is 22.5 Å². The van der Waals surface area contributed by atoms with E-state index in [1.54, 1.807) is 6.26 Å². The number of hydrogen-bond donors (Lipinski definition) is 2. The lowest BCUT2D eigenvalue weighted by molar-refractivity contribution is 0.105. The predicted molar refractivity (Wildman–Crippen MR) is 88.1 cm³/mol. The van der Waals surface area contributed by atoms with Crippen molar-refractivity contribution in [2.75, 3.05) is 39.5 Å². The lowest BCUT2D eigenvalue weighted by Crippen LogP contribution is -2.38. The SMILES string of the molecule is CCNC(=NCCCOCc1ccco1)NCCCOCC. The average Bonchev–Trinajstić information content (AvgIpc) is 3.03. The summed E-state index contributed by atoms with van der Waals surface area (Å²) < 4.78 is 16.0. The van der Waals surface area contributed by atoms with Gasteiger partial charge in [-0.15, -0.1) is 0 Å². The van der Waals surface area contributed by atoms with Gasteiger partial charge >= 0.3 is 0 Å². The molecule has 1 aromatic heterocycles. The molecule has 0 unspecified atom stereocenters. The van der Waals surface area contributed by atoms with Gasteiger partial charge in [-0.25, -0.2) is 0 Å². The Kier molecular flexibility index (Phi) is 11.1. The zero-order chi connectivity index (χ0) is 15.9. The molecule has 0 bridgehead atoms. The minimum absolute atomic E-state index is 0.520. The Balaban J connectivity index is 2.07. The second-order valence-electron chi connectivity index (χ2n) is 4.72. The highest BCUT2D eigenvalue weighted by atomic mass is 16.5. The number of nitrogens with one attached hydrogen (secondary N) is 2. The fraction of sp³-hybridized carbons (Fsp3) is 0.688. The van der Waals surface area contributed by atoms with Crippen LogP contribution in [0, 0.1) is 0 Å². The molecular formula is C16H29N3O3. The lowest BCUT2D eigenvalue weighted by atomic mass is 10.4. The van der Waals surface area contributed by atoms with Crippen LogP contribution in [0.25, 0.3) is 0 Å². The summed E-state index contributed by atoms with van der Waals surface area (Å²) in [5.41, 5.74) is 0. The number of nitrogens with zero attached hydrogens (tertiary/aromatic N) is 1. The Morgan fingerprint density at radius 2 is 2.05 bits per heavy atom. The fourth-order valence-corrected chi connectivity index (χ4v) is 1.79. The molecule has 22 heavy (non-hydrogen) atoms. The quantitative estimate of drug-likeness (QED) is 0.352. The Morgan fingerprint density at radius 3 is 2.77 bits per heavy atom. The van der Waals surface area contributed by atoms with E-state index in [1.165, 1.54) is 0 Å². The minimum atomic E-state index is 0.520. The van der Waals surface area contributed by atoms with Gasteiger partial charge in [0.15, 0.2) is 5.96 Å². The summed E-state index contributed by atoms with van der Waals surface area (Å²) in [6.07, 6.45) is 3.52. The maximum absolute atomic E-state index is 5.52. The summed E-state index contributed by atoms with van der Waals surface area (Å²) in [5, 5.41) is 6.52. The average molecular weight is 311 g/mol. The number of hydrogen-bond acceptors (Lipinski definition) is 4. The van der Waals surface area contributed by atoms with Crippen LogP contribution in [0.3, 0.4) is 0 Å². The molecule has 0 aromatic carbocycles. The molecule has 0 atom stereocenters. The van der Waals surface area contributed by atoms with Crippen molar-refractivity contribution >= 4 is 5.96 Å². The highest BCUT2D eigenvalue weighted by molar-refractivity contribution is 5.79. The summed E-state index contributed by atoms with van der Waals surface area (Å²) in [6, 6.07) is 3.77. The first-order chi connectivity index (χ1) is 10.9. The van der Waals surface area contributed by atoms with Crippen molar-refractivity contribution in [2.45, 2.75) is 33.3 Å². The standard InChI is InChI=1S/C16H29N3O3/c1-3-17-16(18-9-6-11-20-4-2)19-10-7-12-21-14-15-8-5-13-22-15/h5,8,13H,3-4,6-7,9-12,14H2,1-2H3,(H2,17,18,19). The van der Waals surface area contributed by atoms with Crippen LogP contribution >= 0.6 is 0 Å². The van der Waals surface area contributed by atoms with Crippen molar-refractivity contribution in [2.24, 2.45) is 4.99 Å². The Hall–Kier alpha value is -1.53. The van der Waals surface area contributed by atoms with Gasteiger partial charge in [0, 0.05) is 39.5 Å². The van der Waals surface area contributed by atoms with E-state index in [1.807, 2.05) is 19.1 Å². The van der Waals surface area contributed by atoms with E-state index in [4.69, 9.17) is 13.9 Å². The van der Waals surface area contributed by atoms with Crippen molar-refractivity contribution in [3.05, 3.63) is 24.2 Å². The van der Waals surface area contributed by atoms with Crippen LogP contribution in [0.2, 0.25) is 0 Å². The molecule has 0 radical (unpaired) electrons. The summed E-state index contributed by atoms with van der Waals surface area (Å²) in [6.45, 7) is 9.26. The maximum atomic E-state index is 5.52. The Labute approximate surface area is 133 Å². The third kappa shape index (κ3) is 9.41. The van der Waals surface area contributed by atoms with Gasteiger partial charge in [0.25, 0.3) is 0 Å². The van der Waals surface area contributed by atoms with Gasteiger partial charge in [-0.2, -0.15) is 0 Å². The number of aliphatic imine (C=N–C) groups is 1. The fourth-order valence-electron chi connectivity index (χ4n) is 1.79. The molecule has 2 N–H and O–H groups in total. The zero-order valence-electron chi connectivity index (χ0n) is 13.8. The van der Waals surface area contributed by atoms with Crippen molar-refractivity contribution < 1.29 is 13.9 Å². The first-order valence-corrected chi connectivity index (χ1v) is 8.06. The van der Waals surface area contributed by atoms with Crippen LogP contribution < -0.4 is 10.6 Å². The highest BCUT2D eigenvalue weighted by Gasteiger charge is 1.97. The Bertz CT molecular complexity index is 380. The molecule has 0 saturated heterocycles. The third-order valence-corrected chi connectivity index (χ3v) is 2.85. The molecule has 0 aliphatic heterocycles. The monoisotopic (exact) mass is 311 g/mol. The molecule has 1 aromatic rings. The van der Waals surface area contributed by atoms with Crippen LogP contribution in [0.5, 0.6) is 0 Å². The molecule has 6 heteroatoms. The van der Waals surface area contributed by atoms with Crippen LogP contribution in [-0.4, -0.2) is 45.4 Å². The van der Waals surface area contributed by atoms with Crippen LogP contribution in [0.1, 0.15) is 32.4 Å². The van der Waals surface area contributed by atoms with Gasteiger partial charge in [-0.3, -0.25) is 4.99 Å². The molecule has 0 saturated carbocycles. The first kappa shape index (κ1) is 18.5. The summed E-state index contributed by atoms with van der Waals surface area (Å²) in [7, 11) is 0. The molecule has 0 amide bonds. The maximum Gasteiger partial charge on any atom is 0.191 e. The van der Waals surface area contributed by atoms with Gasteiger partial charge in [-0.1, -0.05) is 0 Å². The molecule has 0 aliphatic rings.